The average molecular weight is 455 g/mol. The second kappa shape index (κ2) is 9.82. The fourth-order valence-corrected chi connectivity index (χ4v) is 3.98. The molecule has 1 atom stereocenters. The van der Waals surface area contributed by atoms with Crippen LogP contribution in [0.3, 0.4) is 0 Å². The van der Waals surface area contributed by atoms with Gasteiger partial charge in [0.2, 0.25) is 5.91 Å². The van der Waals surface area contributed by atoms with Crippen LogP contribution < -0.4 is 5.32 Å². The van der Waals surface area contributed by atoms with Crippen LogP contribution in [0.5, 0.6) is 5.75 Å². The van der Waals surface area contributed by atoms with Crippen LogP contribution in [0.4, 0.5) is 0 Å². The number of carbonyl (C=O) groups is 2. The molecule has 166 valence electrons. The molecule has 2 aromatic heterocycles. The number of aromatic nitrogens is 2. The van der Waals surface area contributed by atoms with Crippen LogP contribution in [-0.2, 0) is 11.2 Å². The van der Waals surface area contributed by atoms with Gasteiger partial charge in [-0.1, -0.05) is 23.7 Å². The Morgan fingerprint density at radius 3 is 2.94 bits per heavy atom. The molecular formula is C23H23ClN4O4. The maximum atomic E-state index is 12.6. The van der Waals surface area contributed by atoms with Crippen molar-refractivity contribution >= 4 is 23.4 Å². The summed E-state index contributed by atoms with van der Waals surface area (Å²) in [5.74, 6) is 0.623. The molecule has 0 bridgehead atoms. The fraction of sp³-hybridized carbons (Fsp3) is 0.304. The number of nitrogens with zero attached hydrogens (tertiary/aromatic N) is 3. The third kappa shape index (κ3) is 5.45. The Morgan fingerprint density at radius 2 is 2.12 bits per heavy atom. The summed E-state index contributed by atoms with van der Waals surface area (Å²) in [4.78, 5) is 34.7. The van der Waals surface area contributed by atoms with E-state index in [0.717, 1.165) is 24.2 Å². The van der Waals surface area contributed by atoms with Gasteiger partial charge in [-0.05, 0) is 36.6 Å². The summed E-state index contributed by atoms with van der Waals surface area (Å²) >= 11 is 6.05. The number of likely N-dealkylation sites (tertiary alicyclic amines) is 1. The molecule has 2 amide bonds. The van der Waals surface area contributed by atoms with E-state index in [1.54, 1.807) is 11.1 Å². The minimum atomic E-state index is -0.464. The average Bonchev–Trinajstić information content (AvgIpc) is 3.26. The van der Waals surface area contributed by atoms with Crippen LogP contribution in [0, 0.1) is 0 Å². The number of amides is 2. The standard InChI is InChI=1S/C23H23ClN4O4/c24-18-5-1-3-15(7-18)8-20-12-27-23(32-20)16-4-2-6-28(14-16)21(30)13-26-22(31)17-9-19(29)11-25-10-17/h1,3,5,7,9-12,16,29H,2,4,6,8,13-14H2,(H,26,31)/t16-/m0/s1. The largest absolute Gasteiger partial charge is 0.506 e. The number of benzene rings is 1. The van der Waals surface area contributed by atoms with Crippen LogP contribution in [-0.4, -0.2) is 51.4 Å². The first kappa shape index (κ1) is 21.8. The molecule has 0 saturated carbocycles. The second-order valence-corrected chi connectivity index (χ2v) is 8.20. The lowest BCUT2D eigenvalue weighted by atomic mass is 9.98. The predicted octanol–water partition coefficient (Wildman–Crippen LogP) is 3.16. The van der Waals surface area contributed by atoms with Gasteiger partial charge in [-0.3, -0.25) is 14.6 Å². The minimum absolute atomic E-state index is 0.00628. The van der Waals surface area contributed by atoms with Gasteiger partial charge in [0.15, 0.2) is 5.89 Å². The van der Waals surface area contributed by atoms with Crippen molar-refractivity contribution in [3.05, 3.63) is 76.7 Å². The van der Waals surface area contributed by atoms with Crippen molar-refractivity contribution in [2.24, 2.45) is 0 Å². The summed E-state index contributed by atoms with van der Waals surface area (Å²) in [6, 6.07) is 8.90. The lowest BCUT2D eigenvalue weighted by Gasteiger charge is -2.31. The third-order valence-electron chi connectivity index (χ3n) is 5.35. The van der Waals surface area contributed by atoms with Crippen LogP contribution in [0.15, 0.2) is 53.3 Å². The van der Waals surface area contributed by atoms with E-state index in [1.807, 2.05) is 24.3 Å². The van der Waals surface area contributed by atoms with Gasteiger partial charge in [0.1, 0.15) is 11.5 Å². The van der Waals surface area contributed by atoms with Gasteiger partial charge in [0.25, 0.3) is 5.91 Å². The van der Waals surface area contributed by atoms with Gasteiger partial charge in [0, 0.05) is 30.7 Å². The summed E-state index contributed by atoms with van der Waals surface area (Å²) in [5, 5.41) is 12.7. The van der Waals surface area contributed by atoms with E-state index in [-0.39, 0.29) is 29.7 Å². The second-order valence-electron chi connectivity index (χ2n) is 7.76. The number of oxazole rings is 1. The SMILES string of the molecule is O=C(NCC(=O)N1CCC[C@H](c2ncc(Cc3cccc(Cl)c3)o2)C1)c1cncc(O)c1. The maximum Gasteiger partial charge on any atom is 0.253 e. The van der Waals surface area contributed by atoms with Crippen molar-refractivity contribution in [1.82, 2.24) is 20.2 Å². The zero-order valence-corrected chi connectivity index (χ0v) is 18.1. The Hall–Kier alpha value is -3.39. The van der Waals surface area contributed by atoms with Gasteiger partial charge >= 0.3 is 0 Å². The lowest BCUT2D eigenvalue weighted by Crippen LogP contribution is -2.44. The van der Waals surface area contributed by atoms with Crippen molar-refractivity contribution in [3.8, 4) is 5.75 Å². The molecule has 3 aromatic rings. The highest BCUT2D eigenvalue weighted by Crippen LogP contribution is 2.27. The molecule has 2 N–H and O–H groups in total. The van der Waals surface area contributed by atoms with Crippen LogP contribution >= 0.6 is 11.6 Å². The Balaban J connectivity index is 1.32. The van der Waals surface area contributed by atoms with Gasteiger partial charge in [-0.25, -0.2) is 4.98 Å². The molecule has 8 nitrogen and oxygen atoms in total. The summed E-state index contributed by atoms with van der Waals surface area (Å²) in [6.07, 6.45) is 6.59. The summed E-state index contributed by atoms with van der Waals surface area (Å²) in [6.45, 7) is 0.973. The predicted molar refractivity (Wildman–Crippen MR) is 118 cm³/mol. The first-order valence-corrected chi connectivity index (χ1v) is 10.7. The quantitative estimate of drug-likeness (QED) is 0.592. The summed E-state index contributed by atoms with van der Waals surface area (Å²) in [5.41, 5.74) is 1.24. The summed E-state index contributed by atoms with van der Waals surface area (Å²) < 4.78 is 5.97. The highest BCUT2D eigenvalue weighted by atomic mass is 35.5. The molecule has 0 unspecified atom stereocenters. The molecule has 0 radical (unpaired) electrons. The monoisotopic (exact) mass is 454 g/mol. The lowest BCUT2D eigenvalue weighted by molar-refractivity contribution is -0.131. The molecule has 1 aliphatic rings. The van der Waals surface area contributed by atoms with Crippen molar-refractivity contribution in [1.29, 1.82) is 0 Å². The highest BCUT2D eigenvalue weighted by molar-refractivity contribution is 6.30. The van der Waals surface area contributed by atoms with Crippen molar-refractivity contribution in [3.63, 3.8) is 0 Å². The molecule has 0 aliphatic carbocycles. The fourth-order valence-electron chi connectivity index (χ4n) is 3.77. The van der Waals surface area contributed by atoms with Gasteiger partial charge < -0.3 is 19.7 Å². The maximum absolute atomic E-state index is 12.6. The number of carbonyl (C=O) groups excluding carboxylic acids is 2. The van der Waals surface area contributed by atoms with Crippen molar-refractivity contribution in [2.75, 3.05) is 19.6 Å². The number of hydrogen-bond donors (Lipinski definition) is 2. The van der Waals surface area contributed by atoms with E-state index < -0.39 is 5.91 Å². The molecule has 1 saturated heterocycles. The first-order valence-electron chi connectivity index (χ1n) is 10.4. The normalized spacial score (nSPS) is 16.0. The number of rotatable bonds is 6. The van der Waals surface area contributed by atoms with Crippen LogP contribution in [0.1, 0.15) is 46.3 Å². The smallest absolute Gasteiger partial charge is 0.253 e. The van der Waals surface area contributed by atoms with E-state index in [1.165, 1.54) is 18.5 Å². The third-order valence-corrected chi connectivity index (χ3v) is 5.58. The molecule has 0 spiro atoms. The van der Waals surface area contributed by atoms with E-state index in [0.29, 0.717) is 30.4 Å². The van der Waals surface area contributed by atoms with Crippen molar-refractivity contribution in [2.45, 2.75) is 25.2 Å². The Bertz CT molecular complexity index is 1120. The number of pyridine rings is 1. The highest BCUT2D eigenvalue weighted by Gasteiger charge is 2.28. The zero-order chi connectivity index (χ0) is 22.5. The number of nitrogens with one attached hydrogen (secondary N) is 1. The minimum Gasteiger partial charge on any atom is -0.506 e. The molecule has 1 aliphatic heterocycles. The van der Waals surface area contributed by atoms with Crippen LogP contribution in [0.2, 0.25) is 5.02 Å². The number of hydrogen-bond acceptors (Lipinski definition) is 6. The molecule has 1 aromatic carbocycles. The Kier molecular flexibility index (Phi) is 6.70. The molecule has 9 heteroatoms. The number of aromatic hydroxyl groups is 1. The number of halogens is 1. The Labute approximate surface area is 190 Å². The van der Waals surface area contributed by atoms with Crippen molar-refractivity contribution < 1.29 is 19.1 Å². The van der Waals surface area contributed by atoms with Gasteiger partial charge in [-0.2, -0.15) is 0 Å². The van der Waals surface area contributed by atoms with Crippen LogP contribution in [0.25, 0.3) is 0 Å². The van der Waals surface area contributed by atoms with Gasteiger partial charge in [-0.15, -0.1) is 0 Å². The van der Waals surface area contributed by atoms with Gasteiger partial charge in [0.05, 0.1) is 30.4 Å². The van der Waals surface area contributed by atoms with E-state index >= 15 is 0 Å². The topological polar surface area (TPSA) is 109 Å². The Morgan fingerprint density at radius 1 is 1.25 bits per heavy atom. The molecule has 32 heavy (non-hydrogen) atoms. The zero-order valence-electron chi connectivity index (χ0n) is 17.3. The number of piperidine rings is 1. The summed E-state index contributed by atoms with van der Waals surface area (Å²) in [7, 11) is 0. The van der Waals surface area contributed by atoms with E-state index in [2.05, 4.69) is 15.3 Å². The first-order chi connectivity index (χ1) is 15.5. The van der Waals surface area contributed by atoms with E-state index in [4.69, 9.17) is 16.0 Å². The molecule has 4 rings (SSSR count). The molecular weight excluding hydrogens is 432 g/mol. The molecule has 1 fully saturated rings. The van der Waals surface area contributed by atoms with E-state index in [9.17, 15) is 14.7 Å². The molecule has 3 heterocycles.